The monoisotopic (exact) mass is 316 g/mol. The number of hydrogen-bond acceptors (Lipinski definition) is 6. The fourth-order valence-electron chi connectivity index (χ4n) is 1.84. The summed E-state index contributed by atoms with van der Waals surface area (Å²) in [5.74, 6) is -0.0554. The van der Waals surface area contributed by atoms with Crippen LogP contribution in [0.1, 0.15) is 15.9 Å². The van der Waals surface area contributed by atoms with E-state index in [1.165, 1.54) is 12.1 Å². The van der Waals surface area contributed by atoms with Crippen molar-refractivity contribution >= 4 is 17.3 Å². The average molecular weight is 316 g/mol. The normalized spacial score (nSPS) is 10.1. The SMILES string of the molecule is Cc1ccc(OCCOC(=O)c2cc([N+](=O)[O-])ccc2N)cc1. The third-order valence-electron chi connectivity index (χ3n) is 3.07. The fourth-order valence-corrected chi connectivity index (χ4v) is 1.84. The Morgan fingerprint density at radius 2 is 1.87 bits per heavy atom. The number of non-ortho nitro benzene ring substituents is 1. The number of hydrogen-bond donors (Lipinski definition) is 1. The first kappa shape index (κ1) is 16.3. The van der Waals surface area contributed by atoms with E-state index < -0.39 is 10.9 Å². The van der Waals surface area contributed by atoms with Crippen LogP contribution in [0.2, 0.25) is 0 Å². The minimum Gasteiger partial charge on any atom is -0.490 e. The summed E-state index contributed by atoms with van der Waals surface area (Å²) in [4.78, 5) is 22.0. The van der Waals surface area contributed by atoms with Crippen molar-refractivity contribution in [3.05, 3.63) is 63.7 Å². The summed E-state index contributed by atoms with van der Waals surface area (Å²) in [6.07, 6.45) is 0. The number of nitrogens with zero attached hydrogens (tertiary/aromatic N) is 1. The van der Waals surface area contributed by atoms with E-state index in [4.69, 9.17) is 15.2 Å². The van der Waals surface area contributed by atoms with Crippen molar-refractivity contribution in [2.45, 2.75) is 6.92 Å². The summed E-state index contributed by atoms with van der Waals surface area (Å²) in [5.41, 5.74) is 6.63. The van der Waals surface area contributed by atoms with Crippen molar-refractivity contribution in [1.29, 1.82) is 0 Å². The summed E-state index contributed by atoms with van der Waals surface area (Å²) < 4.78 is 10.4. The second-order valence-electron chi connectivity index (χ2n) is 4.83. The molecule has 0 fully saturated rings. The maximum atomic E-state index is 11.9. The Bertz CT molecular complexity index is 713. The van der Waals surface area contributed by atoms with Crippen LogP contribution in [-0.2, 0) is 4.74 Å². The fraction of sp³-hybridized carbons (Fsp3) is 0.188. The van der Waals surface area contributed by atoms with Crippen molar-refractivity contribution in [1.82, 2.24) is 0 Å². The summed E-state index contributed by atoms with van der Waals surface area (Å²) in [6.45, 7) is 2.15. The number of nitrogens with two attached hydrogens (primary N) is 1. The molecule has 0 unspecified atom stereocenters. The molecule has 0 saturated heterocycles. The number of aryl methyl sites for hydroxylation is 1. The highest BCUT2D eigenvalue weighted by atomic mass is 16.6. The van der Waals surface area contributed by atoms with Gasteiger partial charge in [0, 0.05) is 17.8 Å². The predicted octanol–water partition coefficient (Wildman–Crippen LogP) is 2.72. The van der Waals surface area contributed by atoms with Crippen LogP contribution >= 0.6 is 0 Å². The van der Waals surface area contributed by atoms with Crippen molar-refractivity contribution in [2.24, 2.45) is 0 Å². The van der Waals surface area contributed by atoms with E-state index in [0.717, 1.165) is 11.6 Å². The Labute approximate surface area is 132 Å². The lowest BCUT2D eigenvalue weighted by atomic mass is 10.1. The molecule has 2 rings (SSSR count). The van der Waals surface area contributed by atoms with Gasteiger partial charge in [0.05, 0.1) is 10.5 Å². The van der Waals surface area contributed by atoms with Gasteiger partial charge >= 0.3 is 5.97 Å². The molecule has 0 saturated carbocycles. The Balaban J connectivity index is 1.88. The number of rotatable bonds is 6. The van der Waals surface area contributed by atoms with Crippen molar-refractivity contribution in [3.8, 4) is 5.75 Å². The van der Waals surface area contributed by atoms with Gasteiger partial charge in [0.15, 0.2) is 0 Å². The van der Waals surface area contributed by atoms with Gasteiger partial charge in [0.25, 0.3) is 5.69 Å². The molecule has 7 nitrogen and oxygen atoms in total. The van der Waals surface area contributed by atoms with E-state index >= 15 is 0 Å². The van der Waals surface area contributed by atoms with Crippen LogP contribution in [0.4, 0.5) is 11.4 Å². The standard InChI is InChI=1S/C16H16N2O5/c1-11-2-5-13(6-3-11)22-8-9-23-16(19)14-10-12(18(20)21)4-7-15(14)17/h2-7,10H,8-9,17H2,1H3. The number of nitro benzene ring substituents is 1. The highest BCUT2D eigenvalue weighted by Gasteiger charge is 2.16. The number of benzene rings is 2. The molecule has 0 aliphatic rings. The molecule has 0 spiro atoms. The molecule has 2 N–H and O–H groups in total. The first-order chi connectivity index (χ1) is 11.0. The van der Waals surface area contributed by atoms with Gasteiger partial charge in [-0.1, -0.05) is 17.7 Å². The van der Waals surface area contributed by atoms with Crippen molar-refractivity contribution in [2.75, 3.05) is 18.9 Å². The number of carbonyl (C=O) groups is 1. The Morgan fingerprint density at radius 1 is 1.17 bits per heavy atom. The number of carbonyl (C=O) groups excluding carboxylic acids is 1. The van der Waals surface area contributed by atoms with Crippen LogP contribution in [0.15, 0.2) is 42.5 Å². The molecule has 0 atom stereocenters. The molecule has 0 radical (unpaired) electrons. The van der Waals surface area contributed by atoms with Gasteiger partial charge in [-0.15, -0.1) is 0 Å². The topological polar surface area (TPSA) is 105 Å². The molecule has 0 bridgehead atoms. The number of esters is 1. The van der Waals surface area contributed by atoms with Gasteiger partial charge in [0.2, 0.25) is 0 Å². The van der Waals surface area contributed by atoms with Gasteiger partial charge in [-0.3, -0.25) is 10.1 Å². The van der Waals surface area contributed by atoms with Crippen LogP contribution in [0.3, 0.4) is 0 Å². The van der Waals surface area contributed by atoms with Crippen LogP contribution in [0.25, 0.3) is 0 Å². The lowest BCUT2D eigenvalue weighted by molar-refractivity contribution is -0.384. The molecule has 0 aromatic heterocycles. The molecule has 0 heterocycles. The zero-order chi connectivity index (χ0) is 16.8. The quantitative estimate of drug-likeness (QED) is 0.289. The highest BCUT2D eigenvalue weighted by molar-refractivity contribution is 5.95. The molecule has 0 aliphatic heterocycles. The maximum absolute atomic E-state index is 11.9. The number of anilines is 1. The molecule has 23 heavy (non-hydrogen) atoms. The Hall–Kier alpha value is -3.09. The van der Waals surface area contributed by atoms with Gasteiger partial charge < -0.3 is 15.2 Å². The molecular formula is C16H16N2O5. The van der Waals surface area contributed by atoms with E-state index in [2.05, 4.69) is 0 Å². The lowest BCUT2D eigenvalue weighted by Gasteiger charge is -2.08. The van der Waals surface area contributed by atoms with E-state index in [-0.39, 0.29) is 30.2 Å². The second-order valence-corrected chi connectivity index (χ2v) is 4.83. The van der Waals surface area contributed by atoms with Crippen LogP contribution in [-0.4, -0.2) is 24.1 Å². The molecule has 2 aromatic carbocycles. The van der Waals surface area contributed by atoms with Crippen LogP contribution in [0, 0.1) is 17.0 Å². The smallest absolute Gasteiger partial charge is 0.340 e. The molecule has 7 heteroatoms. The Morgan fingerprint density at radius 3 is 2.52 bits per heavy atom. The first-order valence-corrected chi connectivity index (χ1v) is 6.88. The minimum absolute atomic E-state index is 0.00877. The lowest BCUT2D eigenvalue weighted by Crippen LogP contribution is -2.14. The Kier molecular flexibility index (Phi) is 5.14. The molecule has 2 aromatic rings. The zero-order valence-corrected chi connectivity index (χ0v) is 12.5. The van der Waals surface area contributed by atoms with Crippen molar-refractivity contribution in [3.63, 3.8) is 0 Å². The predicted molar refractivity (Wildman–Crippen MR) is 84.5 cm³/mol. The molecular weight excluding hydrogens is 300 g/mol. The van der Waals surface area contributed by atoms with E-state index in [1.807, 2.05) is 31.2 Å². The van der Waals surface area contributed by atoms with E-state index in [0.29, 0.717) is 5.75 Å². The minimum atomic E-state index is -0.723. The number of nitrogen functional groups attached to an aromatic ring is 1. The summed E-state index contributed by atoms with van der Waals surface area (Å²) in [7, 11) is 0. The zero-order valence-electron chi connectivity index (χ0n) is 12.5. The molecule has 0 amide bonds. The van der Waals surface area contributed by atoms with Gasteiger partial charge in [-0.2, -0.15) is 0 Å². The average Bonchev–Trinajstić information content (AvgIpc) is 2.53. The van der Waals surface area contributed by atoms with Gasteiger partial charge in [-0.25, -0.2) is 4.79 Å². The van der Waals surface area contributed by atoms with Gasteiger partial charge in [-0.05, 0) is 25.1 Å². The highest BCUT2D eigenvalue weighted by Crippen LogP contribution is 2.20. The summed E-state index contributed by atoms with van der Waals surface area (Å²) in [5, 5.41) is 10.7. The molecule has 120 valence electrons. The molecule has 0 aliphatic carbocycles. The number of nitro groups is 1. The van der Waals surface area contributed by atoms with Crippen molar-refractivity contribution < 1.29 is 19.2 Å². The summed E-state index contributed by atoms with van der Waals surface area (Å²) >= 11 is 0. The third-order valence-corrected chi connectivity index (χ3v) is 3.07. The summed E-state index contributed by atoms with van der Waals surface area (Å²) in [6, 6.07) is 11.1. The van der Waals surface area contributed by atoms with E-state index in [9.17, 15) is 14.9 Å². The first-order valence-electron chi connectivity index (χ1n) is 6.88. The van der Waals surface area contributed by atoms with Crippen LogP contribution < -0.4 is 10.5 Å². The third kappa shape index (κ3) is 4.44. The maximum Gasteiger partial charge on any atom is 0.340 e. The largest absolute Gasteiger partial charge is 0.490 e. The van der Waals surface area contributed by atoms with Gasteiger partial charge in [0.1, 0.15) is 19.0 Å². The number of ether oxygens (including phenoxy) is 2. The second kappa shape index (κ2) is 7.26. The van der Waals surface area contributed by atoms with Crippen LogP contribution in [0.5, 0.6) is 5.75 Å². The van der Waals surface area contributed by atoms with E-state index in [1.54, 1.807) is 0 Å².